The van der Waals surface area contributed by atoms with Crippen LogP contribution in [0, 0.1) is 0 Å². The van der Waals surface area contributed by atoms with Gasteiger partial charge in [-0.1, -0.05) is 31.2 Å². The summed E-state index contributed by atoms with van der Waals surface area (Å²) >= 11 is 0. The number of nitrogens with one attached hydrogen (secondary N) is 1. The summed E-state index contributed by atoms with van der Waals surface area (Å²) in [5.74, 6) is -0.131. The zero-order valence-corrected chi connectivity index (χ0v) is 17.2. The lowest BCUT2D eigenvalue weighted by atomic mass is 10.1. The molecule has 7 heteroatoms. The molecule has 2 aromatic carbocycles. The van der Waals surface area contributed by atoms with Gasteiger partial charge in [0.15, 0.2) is 0 Å². The summed E-state index contributed by atoms with van der Waals surface area (Å²) in [4.78, 5) is 14.8. The van der Waals surface area contributed by atoms with Crippen molar-refractivity contribution in [3.63, 3.8) is 0 Å². The third kappa shape index (κ3) is 5.41. The molecule has 0 saturated carbocycles. The third-order valence-electron chi connectivity index (χ3n) is 5.02. The Labute approximate surface area is 167 Å². The quantitative estimate of drug-likeness (QED) is 0.808. The van der Waals surface area contributed by atoms with Gasteiger partial charge in [0.2, 0.25) is 10.0 Å². The number of carbonyl (C=O) groups is 1. The van der Waals surface area contributed by atoms with Crippen molar-refractivity contribution in [2.24, 2.45) is 0 Å². The number of carbonyl (C=O) groups excluding carboxylic acids is 1. The lowest BCUT2D eigenvalue weighted by molar-refractivity contribution is 0.102. The summed E-state index contributed by atoms with van der Waals surface area (Å²) in [5.41, 5.74) is 3.68. The molecule has 0 aliphatic carbocycles. The molecule has 1 aliphatic rings. The van der Waals surface area contributed by atoms with Crippen LogP contribution in [0.2, 0.25) is 0 Å². The minimum atomic E-state index is -3.12. The Morgan fingerprint density at radius 1 is 1.00 bits per heavy atom. The van der Waals surface area contributed by atoms with Crippen molar-refractivity contribution in [1.82, 2.24) is 9.21 Å². The Balaban J connectivity index is 1.60. The van der Waals surface area contributed by atoms with Crippen molar-refractivity contribution >= 4 is 21.6 Å². The average Bonchev–Trinajstić information content (AvgIpc) is 2.68. The summed E-state index contributed by atoms with van der Waals surface area (Å²) in [6, 6.07) is 15.5. The molecule has 1 heterocycles. The Bertz CT molecular complexity index is 918. The summed E-state index contributed by atoms with van der Waals surface area (Å²) in [6.07, 6.45) is 2.22. The fraction of sp³-hybridized carbons (Fsp3) is 0.381. The van der Waals surface area contributed by atoms with Crippen LogP contribution < -0.4 is 5.32 Å². The lowest BCUT2D eigenvalue weighted by Gasteiger charge is -2.33. The van der Waals surface area contributed by atoms with E-state index in [4.69, 9.17) is 0 Å². The summed E-state index contributed by atoms with van der Waals surface area (Å²) in [6.45, 7) is 5.18. The number of aryl methyl sites for hydroxylation is 1. The molecule has 0 atom stereocenters. The molecular weight excluding hydrogens is 374 g/mol. The minimum Gasteiger partial charge on any atom is -0.322 e. The largest absolute Gasteiger partial charge is 0.322 e. The SMILES string of the molecule is CCc1ccc(NC(=O)c2cccc(CN3CCN(S(C)(=O)=O)CC3)c2)cc1. The van der Waals surface area contributed by atoms with E-state index in [-0.39, 0.29) is 5.91 Å². The van der Waals surface area contributed by atoms with Gasteiger partial charge in [0.25, 0.3) is 5.91 Å². The maximum absolute atomic E-state index is 12.6. The smallest absolute Gasteiger partial charge is 0.255 e. The molecule has 0 bridgehead atoms. The molecule has 28 heavy (non-hydrogen) atoms. The van der Waals surface area contributed by atoms with E-state index in [0.717, 1.165) is 17.7 Å². The zero-order valence-electron chi connectivity index (χ0n) is 16.4. The molecule has 0 radical (unpaired) electrons. The van der Waals surface area contributed by atoms with Gasteiger partial charge >= 0.3 is 0 Å². The van der Waals surface area contributed by atoms with E-state index >= 15 is 0 Å². The minimum absolute atomic E-state index is 0.131. The summed E-state index contributed by atoms with van der Waals surface area (Å²) in [5, 5.41) is 2.94. The van der Waals surface area contributed by atoms with Crippen LogP contribution in [-0.2, 0) is 23.0 Å². The molecule has 1 aliphatic heterocycles. The van der Waals surface area contributed by atoms with Gasteiger partial charge in [0, 0.05) is 44.0 Å². The summed E-state index contributed by atoms with van der Waals surface area (Å²) in [7, 11) is -3.12. The van der Waals surface area contributed by atoms with Crippen molar-refractivity contribution in [2.75, 3.05) is 37.8 Å². The number of sulfonamides is 1. The highest BCUT2D eigenvalue weighted by Crippen LogP contribution is 2.15. The lowest BCUT2D eigenvalue weighted by Crippen LogP contribution is -2.47. The van der Waals surface area contributed by atoms with Crippen LogP contribution in [0.5, 0.6) is 0 Å². The molecular formula is C21H27N3O3S. The van der Waals surface area contributed by atoms with Gasteiger partial charge in [-0.15, -0.1) is 0 Å². The number of hydrogen-bond acceptors (Lipinski definition) is 4. The maximum Gasteiger partial charge on any atom is 0.255 e. The van der Waals surface area contributed by atoms with E-state index in [1.54, 1.807) is 6.07 Å². The first-order valence-electron chi connectivity index (χ1n) is 9.52. The van der Waals surface area contributed by atoms with Crippen LogP contribution in [0.3, 0.4) is 0 Å². The van der Waals surface area contributed by atoms with Gasteiger partial charge in [0.1, 0.15) is 0 Å². The predicted molar refractivity (Wildman–Crippen MR) is 112 cm³/mol. The second-order valence-electron chi connectivity index (χ2n) is 7.14. The molecule has 3 rings (SSSR count). The second-order valence-corrected chi connectivity index (χ2v) is 9.13. The van der Waals surface area contributed by atoms with E-state index < -0.39 is 10.0 Å². The number of amides is 1. The van der Waals surface area contributed by atoms with Crippen LogP contribution in [0.4, 0.5) is 5.69 Å². The van der Waals surface area contributed by atoms with E-state index in [0.29, 0.717) is 38.3 Å². The van der Waals surface area contributed by atoms with E-state index in [9.17, 15) is 13.2 Å². The molecule has 1 fully saturated rings. The molecule has 0 aromatic heterocycles. The molecule has 150 valence electrons. The fourth-order valence-electron chi connectivity index (χ4n) is 3.32. The fourth-order valence-corrected chi connectivity index (χ4v) is 4.14. The normalized spacial score (nSPS) is 16.1. The third-order valence-corrected chi connectivity index (χ3v) is 6.32. The highest BCUT2D eigenvalue weighted by Gasteiger charge is 2.23. The van der Waals surface area contributed by atoms with Gasteiger partial charge in [0.05, 0.1) is 6.26 Å². The molecule has 1 saturated heterocycles. The van der Waals surface area contributed by atoms with Gasteiger partial charge in [-0.2, -0.15) is 4.31 Å². The van der Waals surface area contributed by atoms with Gasteiger partial charge in [-0.3, -0.25) is 9.69 Å². The van der Waals surface area contributed by atoms with Crippen LogP contribution >= 0.6 is 0 Å². The van der Waals surface area contributed by atoms with Crippen LogP contribution in [0.25, 0.3) is 0 Å². The van der Waals surface area contributed by atoms with E-state index in [2.05, 4.69) is 17.1 Å². The predicted octanol–water partition coefficient (Wildman–Crippen LogP) is 2.58. The zero-order chi connectivity index (χ0) is 20.1. The highest BCUT2D eigenvalue weighted by molar-refractivity contribution is 7.88. The number of benzene rings is 2. The first-order valence-corrected chi connectivity index (χ1v) is 11.4. The first-order chi connectivity index (χ1) is 13.3. The van der Waals surface area contributed by atoms with E-state index in [1.165, 1.54) is 16.1 Å². The standard InChI is InChI=1S/C21H27N3O3S/c1-3-17-7-9-20(10-8-17)22-21(25)19-6-4-5-18(15-19)16-23-11-13-24(14-12-23)28(2,26)27/h4-10,15H,3,11-14,16H2,1-2H3,(H,22,25). The Hall–Kier alpha value is -2.22. The van der Waals surface area contributed by atoms with Crippen molar-refractivity contribution < 1.29 is 13.2 Å². The van der Waals surface area contributed by atoms with Crippen molar-refractivity contribution in [3.05, 3.63) is 65.2 Å². The number of piperazine rings is 1. The number of hydrogen-bond donors (Lipinski definition) is 1. The van der Waals surface area contributed by atoms with Crippen LogP contribution in [0.1, 0.15) is 28.4 Å². The molecule has 0 unspecified atom stereocenters. The first kappa shape index (κ1) is 20.5. The topological polar surface area (TPSA) is 69.7 Å². The number of rotatable bonds is 6. The molecule has 2 aromatic rings. The molecule has 6 nitrogen and oxygen atoms in total. The molecule has 1 N–H and O–H groups in total. The van der Waals surface area contributed by atoms with Crippen LogP contribution in [0.15, 0.2) is 48.5 Å². The van der Waals surface area contributed by atoms with Gasteiger partial charge in [-0.05, 0) is 41.8 Å². The summed E-state index contributed by atoms with van der Waals surface area (Å²) < 4.78 is 24.8. The molecule has 0 spiro atoms. The van der Waals surface area contributed by atoms with E-state index in [1.807, 2.05) is 42.5 Å². The second kappa shape index (κ2) is 8.86. The number of nitrogens with zero attached hydrogens (tertiary/aromatic N) is 2. The maximum atomic E-state index is 12.6. The van der Waals surface area contributed by atoms with Crippen molar-refractivity contribution in [2.45, 2.75) is 19.9 Å². The van der Waals surface area contributed by atoms with Crippen LogP contribution in [-0.4, -0.2) is 56.0 Å². The molecule has 1 amide bonds. The Kier molecular flexibility index (Phi) is 6.49. The monoisotopic (exact) mass is 401 g/mol. The van der Waals surface area contributed by atoms with Gasteiger partial charge in [-0.25, -0.2) is 8.42 Å². The van der Waals surface area contributed by atoms with Gasteiger partial charge < -0.3 is 5.32 Å². The van der Waals surface area contributed by atoms with Crippen molar-refractivity contribution in [3.8, 4) is 0 Å². The number of anilines is 1. The Morgan fingerprint density at radius 3 is 2.29 bits per heavy atom. The average molecular weight is 402 g/mol. The van der Waals surface area contributed by atoms with Crippen molar-refractivity contribution in [1.29, 1.82) is 0 Å². The Morgan fingerprint density at radius 2 is 1.68 bits per heavy atom. The highest BCUT2D eigenvalue weighted by atomic mass is 32.2.